The van der Waals surface area contributed by atoms with Gasteiger partial charge in [0.25, 0.3) is 0 Å². The van der Waals surface area contributed by atoms with Crippen LogP contribution >= 0.6 is 23.2 Å². The highest BCUT2D eigenvalue weighted by atomic mass is 35.5. The third-order valence-electron chi connectivity index (χ3n) is 7.12. The van der Waals surface area contributed by atoms with Crippen molar-refractivity contribution in [1.29, 1.82) is 0 Å². The summed E-state index contributed by atoms with van der Waals surface area (Å²) in [6.07, 6.45) is 0.919. The molecule has 174 valence electrons. The largest absolute Gasteiger partial charge is 0.433 e. The van der Waals surface area contributed by atoms with Crippen LogP contribution < -0.4 is 0 Å². The van der Waals surface area contributed by atoms with Crippen LogP contribution in [0.3, 0.4) is 0 Å². The number of alkyl halides is 3. The van der Waals surface area contributed by atoms with Crippen molar-refractivity contribution in [2.45, 2.75) is 52.6 Å². The van der Waals surface area contributed by atoms with Crippen LogP contribution in [0.25, 0.3) is 0 Å². The van der Waals surface area contributed by atoms with E-state index in [4.69, 9.17) is 23.2 Å². The predicted octanol–water partition coefficient (Wildman–Crippen LogP) is 7.68. The quantitative estimate of drug-likeness (QED) is 0.287. The third-order valence-corrected chi connectivity index (χ3v) is 7.82. The van der Waals surface area contributed by atoms with E-state index in [0.29, 0.717) is 44.9 Å². The molecular formula is C25H28Cl2F3NO. The number of halogens is 5. The van der Waals surface area contributed by atoms with Crippen molar-refractivity contribution in [3.63, 3.8) is 0 Å². The molecular weight excluding hydrogens is 458 g/mol. The number of hydrogen-bond acceptors (Lipinski definition) is 2. The number of allylic oxidation sites excluding steroid dienone is 4. The monoisotopic (exact) mass is 485 g/mol. The van der Waals surface area contributed by atoms with Gasteiger partial charge in [0.1, 0.15) is 5.71 Å². The molecule has 2 aliphatic carbocycles. The number of rotatable bonds is 7. The Morgan fingerprint density at radius 1 is 1.19 bits per heavy atom. The zero-order chi connectivity index (χ0) is 23.8. The van der Waals surface area contributed by atoms with Gasteiger partial charge in [0, 0.05) is 22.7 Å². The summed E-state index contributed by atoms with van der Waals surface area (Å²) in [4.78, 5) is 16.7. The van der Waals surface area contributed by atoms with Crippen LogP contribution in [0.2, 0.25) is 10.0 Å². The Hall–Kier alpha value is -1.59. The molecule has 0 aliphatic heterocycles. The SMILES string of the molecule is C/C=C(/C(=O)/C(=C/C1CC2C(C1)C2(C)C)CCc1c(Cl)cccc1Cl)C(=NC)C(F)(F)F. The highest BCUT2D eigenvalue weighted by Gasteiger charge is 2.61. The van der Waals surface area contributed by atoms with Crippen molar-refractivity contribution in [1.82, 2.24) is 0 Å². The second-order valence-electron chi connectivity index (χ2n) is 9.26. The Labute approximate surface area is 197 Å². The lowest BCUT2D eigenvalue weighted by atomic mass is 9.87. The van der Waals surface area contributed by atoms with E-state index in [1.807, 2.05) is 6.08 Å². The van der Waals surface area contributed by atoms with Gasteiger partial charge in [-0.1, -0.05) is 55.3 Å². The first-order chi connectivity index (χ1) is 14.9. The summed E-state index contributed by atoms with van der Waals surface area (Å²) in [6.45, 7) is 5.93. The van der Waals surface area contributed by atoms with Gasteiger partial charge in [-0.15, -0.1) is 0 Å². The Bertz CT molecular complexity index is 957. The Morgan fingerprint density at radius 2 is 1.75 bits per heavy atom. The predicted molar refractivity (Wildman–Crippen MR) is 125 cm³/mol. The average molecular weight is 486 g/mol. The van der Waals surface area contributed by atoms with E-state index in [9.17, 15) is 18.0 Å². The molecule has 32 heavy (non-hydrogen) atoms. The fourth-order valence-electron chi connectivity index (χ4n) is 5.21. The topological polar surface area (TPSA) is 29.4 Å². The fraction of sp³-hybridized carbons (Fsp3) is 0.520. The normalized spacial score (nSPS) is 25.7. The number of carbonyl (C=O) groups excluding carboxylic acids is 1. The minimum atomic E-state index is -4.71. The van der Waals surface area contributed by atoms with Crippen molar-refractivity contribution in [2.75, 3.05) is 7.05 Å². The summed E-state index contributed by atoms with van der Waals surface area (Å²) in [5.41, 5.74) is -0.190. The molecule has 0 N–H and O–H groups in total. The number of fused-ring (bicyclic) bond motifs is 1. The number of benzene rings is 1. The maximum Gasteiger partial charge on any atom is 0.433 e. The Kier molecular flexibility index (Phi) is 7.31. The van der Waals surface area contributed by atoms with E-state index >= 15 is 0 Å². The molecule has 0 bridgehead atoms. The first kappa shape index (κ1) is 25.0. The van der Waals surface area contributed by atoms with Crippen molar-refractivity contribution in [2.24, 2.45) is 28.2 Å². The van der Waals surface area contributed by atoms with E-state index in [2.05, 4.69) is 18.8 Å². The highest BCUT2D eigenvalue weighted by Crippen LogP contribution is 2.68. The van der Waals surface area contributed by atoms with Gasteiger partial charge in [-0.2, -0.15) is 13.2 Å². The number of aliphatic imine (C=N–C) groups is 1. The summed E-state index contributed by atoms with van der Waals surface area (Å²) in [7, 11) is 1.05. The van der Waals surface area contributed by atoms with Crippen LogP contribution in [0, 0.1) is 23.2 Å². The van der Waals surface area contributed by atoms with Gasteiger partial charge in [-0.05, 0) is 79.0 Å². The Balaban J connectivity index is 1.89. The molecule has 0 saturated heterocycles. The smallest absolute Gasteiger partial charge is 0.289 e. The van der Waals surface area contributed by atoms with Crippen molar-refractivity contribution in [3.05, 3.63) is 57.1 Å². The summed E-state index contributed by atoms with van der Waals surface area (Å²) in [6, 6.07) is 5.15. The molecule has 0 amide bonds. The molecule has 0 radical (unpaired) electrons. The molecule has 7 heteroatoms. The molecule has 2 unspecified atom stereocenters. The summed E-state index contributed by atoms with van der Waals surface area (Å²) < 4.78 is 40.5. The maximum absolute atomic E-state index is 13.5. The molecule has 1 aromatic rings. The van der Waals surface area contributed by atoms with Gasteiger partial charge in [0.05, 0.1) is 0 Å². The van der Waals surface area contributed by atoms with Gasteiger partial charge in [-0.3, -0.25) is 9.79 Å². The van der Waals surface area contributed by atoms with E-state index in [-0.39, 0.29) is 12.3 Å². The van der Waals surface area contributed by atoms with Gasteiger partial charge >= 0.3 is 6.18 Å². The molecule has 0 aromatic heterocycles. The van der Waals surface area contributed by atoms with E-state index in [0.717, 1.165) is 19.9 Å². The van der Waals surface area contributed by atoms with Crippen molar-refractivity contribution < 1.29 is 18.0 Å². The first-order valence-corrected chi connectivity index (χ1v) is 11.6. The molecule has 2 aliphatic rings. The summed E-state index contributed by atoms with van der Waals surface area (Å²) in [5, 5.41) is 0.955. The zero-order valence-corrected chi connectivity index (χ0v) is 20.2. The fourth-order valence-corrected chi connectivity index (χ4v) is 5.80. The molecule has 0 heterocycles. The number of Topliss-reactive ketones (excluding diaryl/α,β-unsaturated/α-hetero) is 1. The molecule has 2 fully saturated rings. The third kappa shape index (κ3) is 4.99. The molecule has 2 nitrogen and oxygen atoms in total. The van der Waals surface area contributed by atoms with Gasteiger partial charge < -0.3 is 0 Å². The van der Waals surface area contributed by atoms with Crippen molar-refractivity contribution >= 4 is 34.7 Å². The summed E-state index contributed by atoms with van der Waals surface area (Å²) in [5.74, 6) is 0.780. The minimum Gasteiger partial charge on any atom is -0.289 e. The first-order valence-electron chi connectivity index (χ1n) is 10.8. The second-order valence-corrected chi connectivity index (χ2v) is 10.1. The molecule has 2 saturated carbocycles. The lowest BCUT2D eigenvalue weighted by Crippen LogP contribution is -2.29. The highest BCUT2D eigenvalue weighted by molar-refractivity contribution is 6.36. The van der Waals surface area contributed by atoms with E-state index in [1.54, 1.807) is 18.2 Å². The minimum absolute atomic E-state index is 0.185. The second kappa shape index (κ2) is 9.34. The van der Waals surface area contributed by atoms with Crippen LogP contribution in [-0.4, -0.2) is 24.7 Å². The van der Waals surface area contributed by atoms with Crippen LogP contribution in [0.1, 0.15) is 45.6 Å². The lowest BCUT2D eigenvalue weighted by Gasteiger charge is -2.18. The van der Waals surface area contributed by atoms with E-state index < -0.39 is 23.2 Å². The van der Waals surface area contributed by atoms with Gasteiger partial charge in [0.15, 0.2) is 5.78 Å². The summed E-state index contributed by atoms with van der Waals surface area (Å²) >= 11 is 12.5. The van der Waals surface area contributed by atoms with Crippen LogP contribution in [-0.2, 0) is 11.2 Å². The number of nitrogens with zero attached hydrogens (tertiary/aromatic N) is 1. The molecule has 0 spiro atoms. The number of carbonyl (C=O) groups is 1. The maximum atomic E-state index is 13.5. The van der Waals surface area contributed by atoms with Crippen LogP contribution in [0.5, 0.6) is 0 Å². The van der Waals surface area contributed by atoms with Crippen LogP contribution in [0.15, 0.2) is 46.5 Å². The van der Waals surface area contributed by atoms with E-state index in [1.165, 1.54) is 13.0 Å². The molecule has 3 rings (SSSR count). The van der Waals surface area contributed by atoms with Gasteiger partial charge in [0.2, 0.25) is 0 Å². The average Bonchev–Trinajstić information content (AvgIpc) is 3.04. The van der Waals surface area contributed by atoms with Crippen molar-refractivity contribution in [3.8, 4) is 0 Å². The lowest BCUT2D eigenvalue weighted by molar-refractivity contribution is -0.112. The Morgan fingerprint density at radius 3 is 2.22 bits per heavy atom. The van der Waals surface area contributed by atoms with Crippen LogP contribution in [0.4, 0.5) is 13.2 Å². The van der Waals surface area contributed by atoms with Gasteiger partial charge in [-0.25, -0.2) is 0 Å². The standard InChI is InChI=1S/C25H28Cl2F3NO/c1-5-16(23(31-4)25(28,29)30)22(32)15(9-10-17-20(26)7-6-8-21(17)27)11-14-12-18-19(13-14)24(18,2)3/h5-8,11,14,18-19H,9-10,12-13H2,1-4H3/b15-11+,16-5-,31-23?. The number of ketones is 1. The molecule has 1 aromatic carbocycles. The zero-order valence-electron chi connectivity index (χ0n) is 18.7. The number of hydrogen-bond donors (Lipinski definition) is 0. The molecule has 2 atom stereocenters.